The molecule has 8 heteroatoms. The Balaban J connectivity index is 1.44. The van der Waals surface area contributed by atoms with Crippen LogP contribution in [0.2, 0.25) is 0 Å². The fraction of sp³-hybridized carbons (Fsp3) is 0.296. The molecule has 0 radical (unpaired) electrons. The number of rotatable bonds is 8. The number of nitrogens with zero attached hydrogens (tertiary/aromatic N) is 2. The third-order valence-electron chi connectivity index (χ3n) is 6.37. The van der Waals surface area contributed by atoms with Gasteiger partial charge in [-0.05, 0) is 23.3 Å². The number of sulfonamides is 1. The van der Waals surface area contributed by atoms with Crippen molar-refractivity contribution in [3.05, 3.63) is 90.0 Å². The van der Waals surface area contributed by atoms with E-state index in [1.165, 1.54) is 30.7 Å². The predicted octanol–water partition coefficient (Wildman–Crippen LogP) is 3.76. The molecule has 3 aromatic carbocycles. The molecule has 0 saturated carbocycles. The number of piperazine rings is 1. The number of hydrogen-bond donors (Lipinski definition) is 0. The van der Waals surface area contributed by atoms with E-state index >= 15 is 0 Å². The van der Waals surface area contributed by atoms with Crippen LogP contribution in [0.3, 0.4) is 0 Å². The fourth-order valence-corrected chi connectivity index (χ4v) is 5.84. The summed E-state index contributed by atoms with van der Waals surface area (Å²) in [7, 11) is -0.747. The van der Waals surface area contributed by atoms with Crippen LogP contribution in [0.4, 0.5) is 0 Å². The molecule has 0 atom stereocenters. The van der Waals surface area contributed by atoms with Gasteiger partial charge in [-0.25, -0.2) is 8.42 Å². The van der Waals surface area contributed by atoms with E-state index in [-0.39, 0.29) is 29.8 Å². The van der Waals surface area contributed by atoms with Crippen molar-refractivity contribution in [2.45, 2.75) is 17.2 Å². The normalized spacial score (nSPS) is 14.7. The molecule has 35 heavy (non-hydrogen) atoms. The van der Waals surface area contributed by atoms with Gasteiger partial charge in [0, 0.05) is 44.6 Å². The van der Waals surface area contributed by atoms with Crippen LogP contribution in [0.25, 0.3) is 0 Å². The van der Waals surface area contributed by atoms with Crippen LogP contribution >= 0.6 is 0 Å². The van der Waals surface area contributed by atoms with Crippen LogP contribution in [0.15, 0.2) is 83.8 Å². The Morgan fingerprint density at radius 1 is 0.800 bits per heavy atom. The summed E-state index contributed by atoms with van der Waals surface area (Å²) in [5, 5.41) is 0. The first kappa shape index (κ1) is 24.8. The summed E-state index contributed by atoms with van der Waals surface area (Å²) in [4.78, 5) is 15.2. The summed E-state index contributed by atoms with van der Waals surface area (Å²) in [5.74, 6) is 0.785. The molecule has 0 bridgehead atoms. The predicted molar refractivity (Wildman–Crippen MR) is 134 cm³/mol. The van der Waals surface area contributed by atoms with E-state index in [4.69, 9.17) is 9.47 Å². The number of methoxy groups -OCH3 is 2. The zero-order chi connectivity index (χ0) is 24.8. The van der Waals surface area contributed by atoms with Crippen molar-refractivity contribution in [1.29, 1.82) is 0 Å². The van der Waals surface area contributed by atoms with Crippen molar-refractivity contribution in [2.24, 2.45) is 0 Å². The van der Waals surface area contributed by atoms with Gasteiger partial charge in [-0.15, -0.1) is 0 Å². The largest absolute Gasteiger partial charge is 0.493 e. The lowest BCUT2D eigenvalue weighted by Gasteiger charge is -2.35. The molecule has 184 valence electrons. The third-order valence-corrected chi connectivity index (χ3v) is 8.26. The molecule has 4 rings (SSSR count). The summed E-state index contributed by atoms with van der Waals surface area (Å²) in [6.07, 6.45) is 0.330. The van der Waals surface area contributed by atoms with Crippen molar-refractivity contribution in [1.82, 2.24) is 9.21 Å². The van der Waals surface area contributed by atoms with Crippen LogP contribution in [0.1, 0.15) is 23.5 Å². The van der Waals surface area contributed by atoms with E-state index in [0.717, 1.165) is 11.1 Å². The van der Waals surface area contributed by atoms with Gasteiger partial charge in [0.2, 0.25) is 15.9 Å². The van der Waals surface area contributed by atoms with Crippen LogP contribution in [-0.2, 0) is 14.8 Å². The molecule has 3 aromatic rings. The highest BCUT2D eigenvalue weighted by molar-refractivity contribution is 7.89. The van der Waals surface area contributed by atoms with Gasteiger partial charge in [0.1, 0.15) is 0 Å². The van der Waals surface area contributed by atoms with Gasteiger partial charge >= 0.3 is 0 Å². The lowest BCUT2D eigenvalue weighted by Crippen LogP contribution is -2.50. The topological polar surface area (TPSA) is 76.2 Å². The Labute approximate surface area is 206 Å². The molecule has 1 aliphatic heterocycles. The van der Waals surface area contributed by atoms with Crippen molar-refractivity contribution in [3.63, 3.8) is 0 Å². The maximum atomic E-state index is 13.3. The lowest BCUT2D eigenvalue weighted by molar-refractivity contribution is -0.132. The first-order valence-corrected chi connectivity index (χ1v) is 13.0. The van der Waals surface area contributed by atoms with E-state index in [9.17, 15) is 13.2 Å². The van der Waals surface area contributed by atoms with Gasteiger partial charge in [-0.1, -0.05) is 60.7 Å². The minimum atomic E-state index is -3.72. The van der Waals surface area contributed by atoms with Crippen LogP contribution in [0, 0.1) is 0 Å². The minimum absolute atomic E-state index is 0.0193. The van der Waals surface area contributed by atoms with E-state index in [1.54, 1.807) is 11.0 Å². The maximum Gasteiger partial charge on any atom is 0.243 e. The quantitative estimate of drug-likeness (QED) is 0.477. The first-order chi connectivity index (χ1) is 16.9. The number of amides is 1. The second-order valence-corrected chi connectivity index (χ2v) is 10.3. The molecule has 0 aromatic heterocycles. The number of benzene rings is 3. The molecular formula is C27H30N2O5S. The molecule has 0 aliphatic carbocycles. The maximum absolute atomic E-state index is 13.3. The highest BCUT2D eigenvalue weighted by atomic mass is 32.2. The van der Waals surface area contributed by atoms with Crippen molar-refractivity contribution in [3.8, 4) is 11.5 Å². The second-order valence-electron chi connectivity index (χ2n) is 8.38. The van der Waals surface area contributed by atoms with Gasteiger partial charge in [0.05, 0.1) is 19.1 Å². The van der Waals surface area contributed by atoms with E-state index in [1.807, 2.05) is 60.7 Å². The molecule has 1 amide bonds. The zero-order valence-electron chi connectivity index (χ0n) is 20.0. The molecule has 0 N–H and O–H groups in total. The summed E-state index contributed by atoms with van der Waals surface area (Å²) in [5.41, 5.74) is 2.17. The zero-order valence-corrected chi connectivity index (χ0v) is 20.8. The number of hydrogen-bond acceptors (Lipinski definition) is 5. The fourth-order valence-electron chi connectivity index (χ4n) is 4.41. The molecule has 1 saturated heterocycles. The van der Waals surface area contributed by atoms with Crippen molar-refractivity contribution < 1.29 is 22.7 Å². The van der Waals surface area contributed by atoms with Gasteiger partial charge in [-0.3, -0.25) is 4.79 Å². The summed E-state index contributed by atoms with van der Waals surface area (Å²) in [6.45, 7) is 1.18. The Morgan fingerprint density at radius 3 is 1.86 bits per heavy atom. The molecule has 1 heterocycles. The third kappa shape index (κ3) is 5.49. The first-order valence-electron chi connectivity index (χ1n) is 11.5. The Morgan fingerprint density at radius 2 is 1.34 bits per heavy atom. The van der Waals surface area contributed by atoms with Crippen LogP contribution in [0.5, 0.6) is 11.5 Å². The molecule has 7 nitrogen and oxygen atoms in total. The molecule has 1 fully saturated rings. The summed E-state index contributed by atoms with van der Waals surface area (Å²) >= 11 is 0. The van der Waals surface area contributed by atoms with Crippen LogP contribution < -0.4 is 9.47 Å². The molecule has 0 unspecified atom stereocenters. The Bertz CT molecular complexity index is 1200. The van der Waals surface area contributed by atoms with E-state index in [0.29, 0.717) is 31.0 Å². The summed E-state index contributed by atoms with van der Waals surface area (Å²) < 4.78 is 38.3. The van der Waals surface area contributed by atoms with Gasteiger partial charge < -0.3 is 14.4 Å². The van der Waals surface area contributed by atoms with Gasteiger partial charge in [0.15, 0.2) is 11.5 Å². The van der Waals surface area contributed by atoms with Crippen molar-refractivity contribution in [2.75, 3.05) is 40.4 Å². The highest BCUT2D eigenvalue weighted by Gasteiger charge is 2.31. The Hall–Kier alpha value is -3.36. The van der Waals surface area contributed by atoms with Gasteiger partial charge in [-0.2, -0.15) is 4.31 Å². The standard InChI is InChI=1S/C27H30N2O5S/c1-33-25-14-13-23(19-26(25)34-2)35(31,32)29-17-15-28(16-18-29)27(30)20-24(21-9-5-3-6-10-21)22-11-7-4-8-12-22/h3-14,19,24H,15-18,20H2,1-2H3. The highest BCUT2D eigenvalue weighted by Crippen LogP contribution is 2.32. The average Bonchev–Trinajstić information content (AvgIpc) is 2.92. The van der Waals surface area contributed by atoms with E-state index in [2.05, 4.69) is 0 Å². The van der Waals surface area contributed by atoms with Crippen LogP contribution in [-0.4, -0.2) is 63.9 Å². The van der Waals surface area contributed by atoms with Gasteiger partial charge in [0.25, 0.3) is 0 Å². The average molecular weight is 495 g/mol. The van der Waals surface area contributed by atoms with E-state index < -0.39 is 10.0 Å². The number of ether oxygens (including phenoxy) is 2. The number of carbonyl (C=O) groups excluding carboxylic acids is 1. The lowest BCUT2D eigenvalue weighted by atomic mass is 9.88. The molecule has 1 aliphatic rings. The number of carbonyl (C=O) groups is 1. The SMILES string of the molecule is COc1ccc(S(=O)(=O)N2CCN(C(=O)CC(c3ccccc3)c3ccccc3)CC2)cc1OC. The summed E-state index contributed by atoms with van der Waals surface area (Å²) in [6, 6.07) is 24.6. The smallest absolute Gasteiger partial charge is 0.243 e. The monoisotopic (exact) mass is 494 g/mol. The van der Waals surface area contributed by atoms with Crippen molar-refractivity contribution >= 4 is 15.9 Å². The molecule has 0 spiro atoms. The Kier molecular flexibility index (Phi) is 7.73. The second kappa shape index (κ2) is 10.9. The minimum Gasteiger partial charge on any atom is -0.493 e. The molecular weight excluding hydrogens is 464 g/mol.